The van der Waals surface area contributed by atoms with E-state index in [9.17, 15) is 4.79 Å². The van der Waals surface area contributed by atoms with Crippen LogP contribution in [0.1, 0.15) is 21.3 Å². The number of thioether (sulfide) groups is 1. The Balaban J connectivity index is 1.50. The monoisotopic (exact) mass is 364 g/mol. The van der Waals surface area contributed by atoms with Gasteiger partial charge in [-0.3, -0.25) is 4.79 Å². The van der Waals surface area contributed by atoms with Crippen LogP contribution in [-0.4, -0.2) is 5.91 Å². The Morgan fingerprint density at radius 1 is 1.00 bits per heavy atom. The molecule has 0 aromatic heterocycles. The number of amides is 1. The van der Waals surface area contributed by atoms with Gasteiger partial charge in [0.15, 0.2) is 0 Å². The molecule has 0 radical (unpaired) electrons. The first kappa shape index (κ1) is 16.1. The second-order valence-electron chi connectivity index (χ2n) is 5.76. The average Bonchev–Trinajstić information content (AvgIpc) is 3.07. The van der Waals surface area contributed by atoms with Crippen molar-refractivity contribution in [2.24, 2.45) is 0 Å². The first-order chi connectivity index (χ1) is 12.2. The summed E-state index contributed by atoms with van der Waals surface area (Å²) in [6.45, 7) is 0. The molecule has 3 aromatic carbocycles. The van der Waals surface area contributed by atoms with E-state index in [-0.39, 0.29) is 11.3 Å². The van der Waals surface area contributed by atoms with Crippen LogP contribution >= 0.6 is 24.4 Å². The van der Waals surface area contributed by atoms with E-state index < -0.39 is 0 Å². The summed E-state index contributed by atoms with van der Waals surface area (Å²) in [4.78, 5) is 14.5. The third-order valence-electron chi connectivity index (χ3n) is 4.00. The number of hydrogen-bond donors (Lipinski definition) is 3. The van der Waals surface area contributed by atoms with Crippen LogP contribution in [0.15, 0.2) is 82.6 Å². The molecule has 1 heterocycles. The minimum absolute atomic E-state index is 0.124. The molecular formula is C20H16N2OS2. The van der Waals surface area contributed by atoms with Gasteiger partial charge in [-0.1, -0.05) is 36.0 Å². The van der Waals surface area contributed by atoms with Gasteiger partial charge in [-0.25, -0.2) is 0 Å². The molecule has 0 saturated carbocycles. The third kappa shape index (κ3) is 3.52. The van der Waals surface area contributed by atoms with Crippen molar-refractivity contribution in [1.82, 2.24) is 0 Å². The van der Waals surface area contributed by atoms with Gasteiger partial charge >= 0.3 is 0 Å². The lowest BCUT2D eigenvalue weighted by Gasteiger charge is -2.13. The number of carbonyl (C=O) groups is 1. The summed E-state index contributed by atoms with van der Waals surface area (Å²) in [6, 6.07) is 23.4. The number of nitrogens with one attached hydrogen (secondary N) is 2. The van der Waals surface area contributed by atoms with Crippen LogP contribution in [0.2, 0.25) is 0 Å². The quantitative estimate of drug-likeness (QED) is 0.542. The molecule has 2 N–H and O–H groups in total. The maximum Gasteiger partial charge on any atom is 0.255 e. The largest absolute Gasteiger partial charge is 0.368 e. The van der Waals surface area contributed by atoms with Gasteiger partial charge in [0.1, 0.15) is 5.37 Å². The van der Waals surface area contributed by atoms with Gasteiger partial charge in [0.25, 0.3) is 5.91 Å². The molecule has 0 fully saturated rings. The van der Waals surface area contributed by atoms with E-state index in [0.29, 0.717) is 5.56 Å². The molecule has 0 spiro atoms. The van der Waals surface area contributed by atoms with Crippen molar-refractivity contribution >= 4 is 41.7 Å². The molecule has 0 aliphatic carbocycles. The molecule has 4 rings (SSSR count). The topological polar surface area (TPSA) is 41.1 Å². The smallest absolute Gasteiger partial charge is 0.255 e. The van der Waals surface area contributed by atoms with Crippen LogP contribution in [0.25, 0.3) is 0 Å². The molecule has 0 saturated heterocycles. The van der Waals surface area contributed by atoms with Gasteiger partial charge < -0.3 is 10.6 Å². The number of fused-ring (bicyclic) bond motifs is 1. The lowest BCUT2D eigenvalue weighted by Crippen LogP contribution is -2.12. The third-order valence-corrected chi connectivity index (χ3v) is 5.53. The van der Waals surface area contributed by atoms with Crippen molar-refractivity contribution in [3.63, 3.8) is 0 Å². The van der Waals surface area contributed by atoms with Gasteiger partial charge in [-0.15, -0.1) is 12.6 Å². The predicted octanol–water partition coefficient (Wildman–Crippen LogP) is 5.44. The average molecular weight is 364 g/mol. The Morgan fingerprint density at radius 2 is 1.80 bits per heavy atom. The Kier molecular flexibility index (Phi) is 4.42. The molecule has 3 nitrogen and oxygen atoms in total. The van der Waals surface area contributed by atoms with E-state index in [0.717, 1.165) is 21.8 Å². The van der Waals surface area contributed by atoms with Crippen LogP contribution < -0.4 is 10.6 Å². The highest BCUT2D eigenvalue weighted by Gasteiger charge is 2.22. The van der Waals surface area contributed by atoms with Gasteiger partial charge in [-0.2, -0.15) is 0 Å². The summed E-state index contributed by atoms with van der Waals surface area (Å²) in [7, 11) is 0. The minimum atomic E-state index is -0.124. The summed E-state index contributed by atoms with van der Waals surface area (Å²) in [5, 5.41) is 6.62. The highest BCUT2D eigenvalue weighted by Crippen LogP contribution is 2.46. The van der Waals surface area contributed by atoms with Crippen molar-refractivity contribution in [3.05, 3.63) is 83.9 Å². The number of thiol groups is 1. The molecule has 1 aliphatic rings. The fourth-order valence-corrected chi connectivity index (χ4v) is 4.02. The van der Waals surface area contributed by atoms with E-state index in [4.69, 9.17) is 0 Å². The van der Waals surface area contributed by atoms with Crippen LogP contribution in [0.4, 0.5) is 11.4 Å². The number of para-hydroxylation sites is 1. The summed E-state index contributed by atoms with van der Waals surface area (Å²) >= 11 is 6.03. The van der Waals surface area contributed by atoms with Gasteiger partial charge in [0.05, 0.1) is 0 Å². The van der Waals surface area contributed by atoms with Crippen LogP contribution in [-0.2, 0) is 0 Å². The molecule has 124 valence electrons. The first-order valence-corrected chi connectivity index (χ1v) is 9.24. The summed E-state index contributed by atoms with van der Waals surface area (Å²) in [5.74, 6) is -0.124. The number of carbonyl (C=O) groups excluding carboxylic acids is 1. The van der Waals surface area contributed by atoms with E-state index in [2.05, 4.69) is 41.5 Å². The maximum absolute atomic E-state index is 12.4. The summed E-state index contributed by atoms with van der Waals surface area (Å²) in [5.41, 5.74) is 3.68. The maximum atomic E-state index is 12.4. The Bertz CT molecular complexity index is 900. The molecule has 5 heteroatoms. The zero-order valence-electron chi connectivity index (χ0n) is 13.3. The van der Waals surface area contributed by atoms with Crippen LogP contribution in [0.5, 0.6) is 0 Å². The summed E-state index contributed by atoms with van der Waals surface area (Å²) < 4.78 is 0. The number of benzene rings is 3. The molecule has 0 bridgehead atoms. The molecule has 25 heavy (non-hydrogen) atoms. The molecule has 1 aliphatic heterocycles. The van der Waals surface area contributed by atoms with Crippen molar-refractivity contribution in [2.45, 2.75) is 15.2 Å². The van der Waals surface area contributed by atoms with Crippen molar-refractivity contribution in [2.75, 3.05) is 10.6 Å². The minimum Gasteiger partial charge on any atom is -0.368 e. The highest BCUT2D eigenvalue weighted by atomic mass is 32.2. The number of rotatable bonds is 3. The zero-order chi connectivity index (χ0) is 17.2. The van der Waals surface area contributed by atoms with Gasteiger partial charge in [-0.05, 0) is 54.1 Å². The normalized spacial score (nSPS) is 15.3. The van der Waals surface area contributed by atoms with Crippen molar-refractivity contribution < 1.29 is 4.79 Å². The first-order valence-electron chi connectivity index (χ1n) is 7.91. The van der Waals surface area contributed by atoms with E-state index in [1.807, 2.05) is 42.5 Å². The molecule has 1 unspecified atom stereocenters. The fourth-order valence-electron chi connectivity index (χ4n) is 2.73. The van der Waals surface area contributed by atoms with E-state index in [1.54, 1.807) is 23.9 Å². The van der Waals surface area contributed by atoms with Gasteiger partial charge in [0.2, 0.25) is 0 Å². The van der Waals surface area contributed by atoms with E-state index >= 15 is 0 Å². The molecule has 1 atom stereocenters. The number of hydrogen-bond acceptors (Lipinski definition) is 4. The summed E-state index contributed by atoms with van der Waals surface area (Å²) in [6.07, 6.45) is 0. The second kappa shape index (κ2) is 6.86. The van der Waals surface area contributed by atoms with E-state index in [1.165, 1.54) is 4.90 Å². The predicted molar refractivity (Wildman–Crippen MR) is 107 cm³/mol. The van der Waals surface area contributed by atoms with Crippen LogP contribution in [0.3, 0.4) is 0 Å². The van der Waals surface area contributed by atoms with Crippen LogP contribution in [0, 0.1) is 0 Å². The fraction of sp³-hybridized carbons (Fsp3) is 0.0500. The lowest BCUT2D eigenvalue weighted by atomic mass is 10.1. The highest BCUT2D eigenvalue weighted by molar-refractivity contribution is 8.00. The lowest BCUT2D eigenvalue weighted by molar-refractivity contribution is 0.102. The zero-order valence-corrected chi connectivity index (χ0v) is 15.0. The van der Waals surface area contributed by atoms with Crippen molar-refractivity contribution in [1.29, 1.82) is 0 Å². The SMILES string of the molecule is O=C(Nc1cccc(C2Nc3ccccc3S2)c1)c1ccc(S)cc1. The Hall–Kier alpha value is -2.37. The number of anilines is 2. The molecular weight excluding hydrogens is 348 g/mol. The van der Waals surface area contributed by atoms with Crippen molar-refractivity contribution in [3.8, 4) is 0 Å². The Labute approximate surface area is 156 Å². The standard InChI is InChI=1S/C20H16N2OS2/c23-19(13-8-10-16(24)11-9-13)21-15-5-3-4-14(12-15)20-22-17-6-1-2-7-18(17)25-20/h1-12,20,22,24H,(H,21,23). The second-order valence-corrected chi connectivity index (χ2v) is 7.43. The molecule has 1 amide bonds. The Morgan fingerprint density at radius 3 is 2.60 bits per heavy atom. The molecule has 3 aromatic rings. The van der Waals surface area contributed by atoms with Gasteiger partial charge in [0, 0.05) is 26.7 Å².